The monoisotopic (exact) mass is 387 g/mol. The predicted molar refractivity (Wildman–Crippen MR) is 103 cm³/mol. The molecule has 0 aliphatic carbocycles. The van der Waals surface area contributed by atoms with Gasteiger partial charge in [0.05, 0.1) is 4.90 Å². The molecule has 0 spiro atoms. The highest BCUT2D eigenvalue weighted by Crippen LogP contribution is 2.19. The number of rotatable bonds is 6. The lowest BCUT2D eigenvalue weighted by Gasteiger charge is -2.11. The van der Waals surface area contributed by atoms with Gasteiger partial charge < -0.3 is 15.0 Å². The number of nitrogens with zero attached hydrogens (tertiary/aromatic N) is 2. The van der Waals surface area contributed by atoms with E-state index < -0.39 is 10.0 Å². The minimum Gasteiger partial charge on any atom is -0.484 e. The fraction of sp³-hybridized carbons (Fsp3) is 0.263. The zero-order valence-corrected chi connectivity index (χ0v) is 15.8. The van der Waals surface area contributed by atoms with Crippen LogP contribution in [0.2, 0.25) is 0 Å². The van der Waals surface area contributed by atoms with E-state index in [2.05, 4.69) is 9.71 Å². The van der Waals surface area contributed by atoms with Crippen molar-refractivity contribution >= 4 is 27.5 Å². The van der Waals surface area contributed by atoms with E-state index in [1.165, 1.54) is 24.3 Å². The lowest BCUT2D eigenvalue weighted by molar-refractivity contribution is -0.118. The molecule has 0 unspecified atom stereocenters. The van der Waals surface area contributed by atoms with Crippen LogP contribution in [0.5, 0.6) is 5.75 Å². The lowest BCUT2D eigenvalue weighted by atomic mass is 10.3. The predicted octanol–water partition coefficient (Wildman–Crippen LogP) is 2.52. The molecule has 1 heterocycles. The SMILES string of the molecule is CN1CCC/C1=N/S(=O)(=O)c1ccc(NC(=O)COc2ccccc2)cc1. The van der Waals surface area contributed by atoms with Crippen LogP contribution in [-0.2, 0) is 14.8 Å². The van der Waals surface area contributed by atoms with Gasteiger partial charge in [0, 0.05) is 25.7 Å². The van der Waals surface area contributed by atoms with Gasteiger partial charge in [-0.05, 0) is 42.8 Å². The van der Waals surface area contributed by atoms with Crippen molar-refractivity contribution in [2.24, 2.45) is 4.40 Å². The lowest BCUT2D eigenvalue weighted by Crippen LogP contribution is -2.20. The summed E-state index contributed by atoms with van der Waals surface area (Å²) in [6, 6.07) is 14.9. The summed E-state index contributed by atoms with van der Waals surface area (Å²) in [5.41, 5.74) is 0.487. The van der Waals surface area contributed by atoms with Crippen LogP contribution in [0.15, 0.2) is 63.9 Å². The fourth-order valence-corrected chi connectivity index (χ4v) is 3.77. The Labute approximate surface area is 158 Å². The van der Waals surface area contributed by atoms with Crippen molar-refractivity contribution in [2.75, 3.05) is 25.5 Å². The number of anilines is 1. The van der Waals surface area contributed by atoms with Crippen LogP contribution >= 0.6 is 0 Å². The number of likely N-dealkylation sites (tertiary alicyclic amines) is 1. The Kier molecular flexibility index (Phi) is 5.75. The second-order valence-corrected chi connectivity index (χ2v) is 7.79. The molecule has 7 nitrogen and oxygen atoms in total. The first-order chi connectivity index (χ1) is 12.9. The number of amidine groups is 1. The first-order valence-corrected chi connectivity index (χ1v) is 10.0. The van der Waals surface area contributed by atoms with Gasteiger partial charge in [-0.25, -0.2) is 0 Å². The first-order valence-electron chi connectivity index (χ1n) is 8.57. The molecule has 1 amide bonds. The number of sulfonamides is 1. The van der Waals surface area contributed by atoms with Crippen LogP contribution in [0.1, 0.15) is 12.8 Å². The smallest absolute Gasteiger partial charge is 0.283 e. The molecule has 0 radical (unpaired) electrons. The number of carbonyl (C=O) groups excluding carboxylic acids is 1. The van der Waals surface area contributed by atoms with Crippen LogP contribution in [-0.4, -0.2) is 45.3 Å². The van der Waals surface area contributed by atoms with Gasteiger partial charge in [-0.2, -0.15) is 8.42 Å². The van der Waals surface area contributed by atoms with Gasteiger partial charge >= 0.3 is 0 Å². The number of ether oxygens (including phenoxy) is 1. The Morgan fingerprint density at radius 2 is 1.85 bits per heavy atom. The molecule has 1 saturated heterocycles. The van der Waals surface area contributed by atoms with Gasteiger partial charge in [-0.15, -0.1) is 4.40 Å². The van der Waals surface area contributed by atoms with Crippen molar-refractivity contribution < 1.29 is 17.9 Å². The van der Waals surface area contributed by atoms with E-state index in [1.807, 2.05) is 30.1 Å². The summed E-state index contributed by atoms with van der Waals surface area (Å²) in [5.74, 6) is 0.845. The summed E-state index contributed by atoms with van der Waals surface area (Å²) in [6.45, 7) is 0.675. The van der Waals surface area contributed by atoms with Crippen molar-refractivity contribution in [3.63, 3.8) is 0 Å². The quantitative estimate of drug-likeness (QED) is 0.823. The number of carbonyl (C=O) groups is 1. The normalized spacial score (nSPS) is 15.7. The average molecular weight is 387 g/mol. The maximum atomic E-state index is 12.4. The Balaban J connectivity index is 1.60. The van der Waals surface area contributed by atoms with E-state index in [4.69, 9.17) is 4.74 Å². The van der Waals surface area contributed by atoms with Gasteiger partial charge in [0.1, 0.15) is 11.6 Å². The Morgan fingerprint density at radius 1 is 1.15 bits per heavy atom. The number of para-hydroxylation sites is 1. The van der Waals surface area contributed by atoms with Crippen LogP contribution in [0, 0.1) is 0 Å². The largest absolute Gasteiger partial charge is 0.484 e. The van der Waals surface area contributed by atoms with Gasteiger partial charge in [0.15, 0.2) is 6.61 Å². The second-order valence-electron chi connectivity index (χ2n) is 6.18. The third-order valence-corrected chi connectivity index (χ3v) is 5.43. The molecule has 0 atom stereocenters. The maximum Gasteiger partial charge on any atom is 0.283 e. The highest BCUT2D eigenvalue weighted by Gasteiger charge is 2.20. The van der Waals surface area contributed by atoms with Crippen LogP contribution in [0.3, 0.4) is 0 Å². The molecule has 27 heavy (non-hydrogen) atoms. The van der Waals surface area contributed by atoms with Crippen molar-refractivity contribution in [3.8, 4) is 5.75 Å². The molecule has 1 N–H and O–H groups in total. The van der Waals surface area contributed by atoms with Crippen molar-refractivity contribution in [2.45, 2.75) is 17.7 Å². The number of amides is 1. The minimum absolute atomic E-state index is 0.0915. The molecule has 1 fully saturated rings. The molecule has 2 aromatic rings. The number of hydrogen-bond acceptors (Lipinski definition) is 4. The summed E-state index contributed by atoms with van der Waals surface area (Å²) in [4.78, 5) is 13.9. The molecule has 8 heteroatoms. The number of nitrogens with one attached hydrogen (secondary N) is 1. The van der Waals surface area contributed by atoms with E-state index in [0.717, 1.165) is 13.0 Å². The molecular formula is C19H21N3O4S. The van der Waals surface area contributed by atoms with E-state index in [9.17, 15) is 13.2 Å². The fourth-order valence-electron chi connectivity index (χ4n) is 2.67. The Morgan fingerprint density at radius 3 is 2.48 bits per heavy atom. The van der Waals surface area contributed by atoms with Gasteiger partial charge in [0.25, 0.3) is 15.9 Å². The average Bonchev–Trinajstić information content (AvgIpc) is 3.05. The van der Waals surface area contributed by atoms with Crippen LogP contribution in [0.4, 0.5) is 5.69 Å². The summed E-state index contributed by atoms with van der Waals surface area (Å²) >= 11 is 0. The third kappa shape index (κ3) is 5.07. The van der Waals surface area contributed by atoms with Gasteiger partial charge in [-0.3, -0.25) is 4.79 Å². The van der Waals surface area contributed by atoms with Crippen molar-refractivity contribution in [1.29, 1.82) is 0 Å². The standard InChI is InChI=1S/C19H21N3O4S/c1-22-13-5-8-18(22)21-27(24,25)17-11-9-15(10-12-17)20-19(23)14-26-16-6-3-2-4-7-16/h2-4,6-7,9-12H,5,8,13-14H2,1H3,(H,20,23)/b21-18-. The molecule has 0 saturated carbocycles. The third-order valence-electron chi connectivity index (χ3n) is 4.11. The minimum atomic E-state index is -3.76. The van der Waals surface area contributed by atoms with E-state index in [0.29, 0.717) is 23.7 Å². The van der Waals surface area contributed by atoms with E-state index in [-0.39, 0.29) is 17.4 Å². The highest BCUT2D eigenvalue weighted by molar-refractivity contribution is 7.90. The van der Waals surface area contributed by atoms with Gasteiger partial charge in [-0.1, -0.05) is 18.2 Å². The zero-order valence-electron chi connectivity index (χ0n) is 15.0. The maximum absolute atomic E-state index is 12.4. The second kappa shape index (κ2) is 8.22. The van der Waals surface area contributed by atoms with E-state index >= 15 is 0 Å². The summed E-state index contributed by atoms with van der Waals surface area (Å²) in [5, 5.41) is 2.67. The molecule has 1 aliphatic rings. The Hall–Kier alpha value is -2.87. The summed E-state index contributed by atoms with van der Waals surface area (Å²) in [7, 11) is -1.93. The molecular weight excluding hydrogens is 366 g/mol. The topological polar surface area (TPSA) is 88.1 Å². The molecule has 3 rings (SSSR count). The summed E-state index contributed by atoms with van der Waals surface area (Å²) < 4.78 is 34.1. The number of benzene rings is 2. The van der Waals surface area contributed by atoms with Gasteiger partial charge in [0.2, 0.25) is 0 Å². The first kappa shape index (κ1) is 18.9. The van der Waals surface area contributed by atoms with Crippen LogP contribution < -0.4 is 10.1 Å². The summed E-state index contributed by atoms with van der Waals surface area (Å²) in [6.07, 6.45) is 1.56. The van der Waals surface area contributed by atoms with E-state index in [1.54, 1.807) is 12.1 Å². The zero-order chi connectivity index (χ0) is 19.3. The van der Waals surface area contributed by atoms with Crippen molar-refractivity contribution in [1.82, 2.24) is 4.90 Å². The Bertz CT molecular complexity index is 925. The van der Waals surface area contributed by atoms with Crippen LogP contribution in [0.25, 0.3) is 0 Å². The van der Waals surface area contributed by atoms with Crippen molar-refractivity contribution in [3.05, 3.63) is 54.6 Å². The number of hydrogen-bond donors (Lipinski definition) is 1. The molecule has 0 bridgehead atoms. The molecule has 0 aromatic heterocycles. The highest BCUT2D eigenvalue weighted by atomic mass is 32.2. The molecule has 142 valence electrons. The molecule has 2 aromatic carbocycles. The molecule has 1 aliphatic heterocycles.